The molecule has 4 rings (SSSR count). The fourth-order valence-electron chi connectivity index (χ4n) is 4.12. The third-order valence-electron chi connectivity index (χ3n) is 5.91. The van der Waals surface area contributed by atoms with Crippen molar-refractivity contribution >= 4 is 23.3 Å². The summed E-state index contributed by atoms with van der Waals surface area (Å²) in [6, 6.07) is 24.5. The van der Waals surface area contributed by atoms with E-state index in [9.17, 15) is 9.59 Å². The van der Waals surface area contributed by atoms with Crippen LogP contribution in [-0.4, -0.2) is 25.1 Å². The zero-order valence-electron chi connectivity index (χ0n) is 19.9. The van der Waals surface area contributed by atoms with Gasteiger partial charge in [-0.05, 0) is 43.5 Å². The lowest BCUT2D eigenvalue weighted by molar-refractivity contribution is -0.127. The molecule has 6 heteroatoms. The molecule has 0 aromatic heterocycles. The van der Waals surface area contributed by atoms with Crippen molar-refractivity contribution in [2.24, 2.45) is 5.41 Å². The largest absolute Gasteiger partial charge is 0.490 e. The summed E-state index contributed by atoms with van der Waals surface area (Å²) >= 11 is 0. The van der Waals surface area contributed by atoms with Crippen molar-refractivity contribution in [3.05, 3.63) is 90.0 Å². The van der Waals surface area contributed by atoms with Crippen LogP contribution in [0.1, 0.15) is 44.4 Å². The van der Waals surface area contributed by atoms with E-state index in [-0.39, 0.29) is 24.6 Å². The van der Waals surface area contributed by atoms with Crippen LogP contribution in [-0.2, 0) is 4.79 Å². The highest BCUT2D eigenvalue weighted by Crippen LogP contribution is 2.38. The van der Waals surface area contributed by atoms with Gasteiger partial charge < -0.3 is 20.3 Å². The molecule has 1 aliphatic rings. The minimum Gasteiger partial charge on any atom is -0.490 e. The van der Waals surface area contributed by atoms with Crippen LogP contribution in [0.3, 0.4) is 0 Å². The molecule has 1 aliphatic heterocycles. The van der Waals surface area contributed by atoms with Gasteiger partial charge in [0.1, 0.15) is 12.4 Å². The highest BCUT2D eigenvalue weighted by molar-refractivity contribution is 6.00. The molecule has 3 aromatic carbocycles. The molecule has 0 saturated heterocycles. The maximum absolute atomic E-state index is 13.0. The zero-order valence-corrected chi connectivity index (χ0v) is 19.9. The Bertz CT molecular complexity index is 1110. The predicted molar refractivity (Wildman–Crippen MR) is 135 cm³/mol. The molecule has 0 bridgehead atoms. The molecule has 0 atom stereocenters. The van der Waals surface area contributed by atoms with E-state index < -0.39 is 5.41 Å². The highest BCUT2D eigenvalue weighted by Gasteiger charge is 2.37. The van der Waals surface area contributed by atoms with Crippen LogP contribution in [0.2, 0.25) is 0 Å². The molecule has 176 valence electrons. The van der Waals surface area contributed by atoms with Gasteiger partial charge in [-0.25, -0.2) is 4.79 Å². The first-order chi connectivity index (χ1) is 16.4. The summed E-state index contributed by atoms with van der Waals surface area (Å²) in [7, 11) is 0. The number of carbonyl (C=O) groups excluding carboxylic acids is 2. The lowest BCUT2D eigenvalue weighted by atomic mass is 9.93. The van der Waals surface area contributed by atoms with E-state index in [0.29, 0.717) is 18.0 Å². The minimum absolute atomic E-state index is 0.0418. The van der Waals surface area contributed by atoms with Crippen LogP contribution in [0.4, 0.5) is 16.2 Å². The standard InChI is InChI=1S/C28H31N3O3/c1-4-17-31-23-16-15-22(18-24(23)34-19-28(2,3)26(31)32)29-27(33)30-25(20-11-7-5-8-12-20)21-13-9-6-10-14-21/h5-16,18,25H,4,17,19H2,1-3H3,(H2,29,30,33). The molecule has 2 N–H and O–H groups in total. The monoisotopic (exact) mass is 457 g/mol. The Kier molecular flexibility index (Phi) is 6.87. The highest BCUT2D eigenvalue weighted by atomic mass is 16.5. The summed E-state index contributed by atoms with van der Waals surface area (Å²) in [5.41, 5.74) is 2.68. The fourth-order valence-corrected chi connectivity index (χ4v) is 4.12. The van der Waals surface area contributed by atoms with Gasteiger partial charge in [0.15, 0.2) is 0 Å². The Balaban J connectivity index is 1.55. The number of benzene rings is 3. The fraction of sp³-hybridized carbons (Fsp3) is 0.286. The Hall–Kier alpha value is -3.80. The van der Waals surface area contributed by atoms with Crippen molar-refractivity contribution in [3.63, 3.8) is 0 Å². The van der Waals surface area contributed by atoms with Gasteiger partial charge in [-0.1, -0.05) is 67.6 Å². The molecule has 0 saturated carbocycles. The number of ether oxygens (including phenoxy) is 1. The van der Waals surface area contributed by atoms with Crippen LogP contribution >= 0.6 is 0 Å². The van der Waals surface area contributed by atoms with Crippen molar-refractivity contribution in [1.29, 1.82) is 0 Å². The molecule has 6 nitrogen and oxygen atoms in total. The van der Waals surface area contributed by atoms with Gasteiger partial charge in [0.2, 0.25) is 5.91 Å². The second-order valence-electron chi connectivity index (χ2n) is 9.16. The second-order valence-corrected chi connectivity index (χ2v) is 9.16. The number of rotatable bonds is 6. The van der Waals surface area contributed by atoms with Crippen LogP contribution in [0.25, 0.3) is 0 Å². The van der Waals surface area contributed by atoms with Crippen LogP contribution in [0.5, 0.6) is 5.75 Å². The first-order valence-electron chi connectivity index (χ1n) is 11.7. The van der Waals surface area contributed by atoms with Crippen LogP contribution in [0, 0.1) is 5.41 Å². The molecule has 1 heterocycles. The third-order valence-corrected chi connectivity index (χ3v) is 5.91. The van der Waals surface area contributed by atoms with Crippen LogP contribution < -0.4 is 20.3 Å². The Morgan fingerprint density at radius 1 is 1.00 bits per heavy atom. The van der Waals surface area contributed by atoms with Gasteiger partial charge in [-0.3, -0.25) is 4.79 Å². The summed E-state index contributed by atoms with van der Waals surface area (Å²) in [6.07, 6.45) is 0.837. The summed E-state index contributed by atoms with van der Waals surface area (Å²) in [6.45, 7) is 6.72. The van der Waals surface area contributed by atoms with E-state index in [1.165, 1.54) is 0 Å². The Morgan fingerprint density at radius 2 is 1.62 bits per heavy atom. The summed E-state index contributed by atoms with van der Waals surface area (Å²) in [5, 5.41) is 6.01. The number of amides is 3. The van der Waals surface area contributed by atoms with E-state index in [1.807, 2.05) is 87.5 Å². The first-order valence-corrected chi connectivity index (χ1v) is 11.7. The van der Waals surface area contributed by atoms with Gasteiger partial charge in [0.25, 0.3) is 0 Å². The minimum atomic E-state index is -0.627. The maximum atomic E-state index is 13.0. The van der Waals surface area contributed by atoms with Crippen molar-refractivity contribution in [2.45, 2.75) is 33.2 Å². The van der Waals surface area contributed by atoms with Gasteiger partial charge in [0, 0.05) is 18.3 Å². The number of fused-ring (bicyclic) bond motifs is 1. The molecule has 0 fully saturated rings. The molecular formula is C28H31N3O3. The van der Waals surface area contributed by atoms with E-state index in [0.717, 1.165) is 23.2 Å². The summed E-state index contributed by atoms with van der Waals surface area (Å²) in [4.78, 5) is 27.8. The maximum Gasteiger partial charge on any atom is 0.319 e. The molecule has 3 amide bonds. The third kappa shape index (κ3) is 5.06. The van der Waals surface area contributed by atoms with Gasteiger partial charge in [-0.15, -0.1) is 0 Å². The quantitative estimate of drug-likeness (QED) is 0.494. The number of hydrogen-bond donors (Lipinski definition) is 2. The average Bonchev–Trinajstić information content (AvgIpc) is 2.94. The van der Waals surface area contributed by atoms with Gasteiger partial charge in [-0.2, -0.15) is 0 Å². The molecule has 0 radical (unpaired) electrons. The summed E-state index contributed by atoms with van der Waals surface area (Å²) in [5.74, 6) is 0.632. The summed E-state index contributed by atoms with van der Waals surface area (Å²) < 4.78 is 6.02. The smallest absolute Gasteiger partial charge is 0.319 e. The van der Waals surface area contributed by atoms with E-state index in [1.54, 1.807) is 17.0 Å². The Morgan fingerprint density at radius 3 is 2.21 bits per heavy atom. The number of nitrogens with zero attached hydrogens (tertiary/aromatic N) is 1. The second kappa shape index (κ2) is 10.00. The molecule has 0 unspecified atom stereocenters. The van der Waals surface area contributed by atoms with Gasteiger partial charge in [0.05, 0.1) is 17.1 Å². The van der Waals surface area contributed by atoms with Gasteiger partial charge >= 0.3 is 6.03 Å². The predicted octanol–water partition coefficient (Wildman–Crippen LogP) is 5.76. The molecule has 0 spiro atoms. The lowest BCUT2D eigenvalue weighted by Crippen LogP contribution is -2.42. The normalized spacial score (nSPS) is 14.7. The van der Waals surface area contributed by atoms with E-state index >= 15 is 0 Å². The Labute approximate surface area is 200 Å². The first kappa shape index (κ1) is 23.4. The number of hydrogen-bond acceptors (Lipinski definition) is 3. The van der Waals surface area contributed by atoms with Crippen LogP contribution in [0.15, 0.2) is 78.9 Å². The van der Waals surface area contributed by atoms with Crippen molar-refractivity contribution < 1.29 is 14.3 Å². The van der Waals surface area contributed by atoms with Crippen molar-refractivity contribution in [1.82, 2.24) is 5.32 Å². The number of anilines is 2. The number of nitrogens with one attached hydrogen (secondary N) is 2. The van der Waals surface area contributed by atoms with E-state index in [2.05, 4.69) is 10.6 Å². The number of carbonyl (C=O) groups is 2. The molecular weight excluding hydrogens is 426 g/mol. The molecule has 34 heavy (non-hydrogen) atoms. The van der Waals surface area contributed by atoms with E-state index in [4.69, 9.17) is 4.74 Å². The zero-order chi connectivity index (χ0) is 24.1. The topological polar surface area (TPSA) is 70.7 Å². The average molecular weight is 458 g/mol. The molecule has 0 aliphatic carbocycles. The number of urea groups is 1. The molecule has 3 aromatic rings. The lowest BCUT2D eigenvalue weighted by Gasteiger charge is -2.27. The SMILES string of the molecule is CCCN1C(=O)C(C)(C)COc2cc(NC(=O)NC(c3ccccc3)c3ccccc3)ccc21. The van der Waals surface area contributed by atoms with Crippen molar-refractivity contribution in [2.75, 3.05) is 23.4 Å². The van der Waals surface area contributed by atoms with Crippen molar-refractivity contribution in [3.8, 4) is 5.75 Å².